The van der Waals surface area contributed by atoms with E-state index in [1.165, 1.54) is 0 Å². The number of nitrogens with one attached hydrogen (secondary N) is 2. The molecular formula is C13H20N2O2S2. The lowest BCUT2D eigenvalue weighted by molar-refractivity contribution is 0.555. The number of rotatable bonds is 5. The Hall–Kier alpha value is -0.720. The van der Waals surface area contributed by atoms with Gasteiger partial charge in [-0.15, -0.1) is 0 Å². The zero-order chi connectivity index (χ0) is 13.9. The first-order chi connectivity index (χ1) is 9.08. The third-order valence-corrected chi connectivity index (χ3v) is 6.23. The molecule has 1 aliphatic rings. The van der Waals surface area contributed by atoms with E-state index in [9.17, 15) is 8.42 Å². The molecule has 2 atom stereocenters. The Morgan fingerprint density at radius 1 is 1.26 bits per heavy atom. The lowest BCUT2D eigenvalue weighted by atomic mass is 10.3. The van der Waals surface area contributed by atoms with Gasteiger partial charge in [0.05, 0.1) is 5.69 Å². The standard InChI is InChI=1S/C13H20N2O2S2/c1-14-11-6-3-4-9-13(11)19(16,17)15-10-7-5-8-12(10)18-2/h3-4,6,9-10,12,14-15H,5,7-8H2,1-2H3. The minimum absolute atomic E-state index is 0.0462. The fourth-order valence-corrected chi connectivity index (χ4v) is 5.06. The van der Waals surface area contributed by atoms with Crippen molar-refractivity contribution in [1.82, 2.24) is 4.72 Å². The Bertz CT molecular complexity index is 531. The van der Waals surface area contributed by atoms with Crippen LogP contribution >= 0.6 is 11.8 Å². The Balaban J connectivity index is 2.23. The number of thioether (sulfide) groups is 1. The van der Waals surface area contributed by atoms with E-state index in [0.717, 1.165) is 19.3 Å². The van der Waals surface area contributed by atoms with Crippen LogP contribution < -0.4 is 10.0 Å². The molecule has 0 amide bonds. The number of benzene rings is 1. The van der Waals surface area contributed by atoms with E-state index in [2.05, 4.69) is 10.0 Å². The fourth-order valence-electron chi connectivity index (χ4n) is 2.51. The smallest absolute Gasteiger partial charge is 0.242 e. The van der Waals surface area contributed by atoms with Crippen molar-refractivity contribution in [2.75, 3.05) is 18.6 Å². The second-order valence-electron chi connectivity index (χ2n) is 4.68. The molecule has 0 saturated heterocycles. The van der Waals surface area contributed by atoms with Gasteiger partial charge in [-0.05, 0) is 31.2 Å². The van der Waals surface area contributed by atoms with E-state index < -0.39 is 10.0 Å². The van der Waals surface area contributed by atoms with Crippen molar-refractivity contribution in [2.45, 2.75) is 35.4 Å². The van der Waals surface area contributed by atoms with Gasteiger partial charge in [-0.2, -0.15) is 11.8 Å². The lowest BCUT2D eigenvalue weighted by Gasteiger charge is -2.20. The van der Waals surface area contributed by atoms with E-state index in [4.69, 9.17) is 0 Å². The van der Waals surface area contributed by atoms with Crippen molar-refractivity contribution in [3.05, 3.63) is 24.3 Å². The maximum atomic E-state index is 12.5. The Morgan fingerprint density at radius 3 is 2.68 bits per heavy atom. The molecule has 0 radical (unpaired) electrons. The molecule has 1 aromatic carbocycles. The lowest BCUT2D eigenvalue weighted by Crippen LogP contribution is -2.38. The first-order valence-electron chi connectivity index (χ1n) is 6.40. The molecule has 0 bridgehead atoms. The highest BCUT2D eigenvalue weighted by atomic mass is 32.2. The second kappa shape index (κ2) is 6.15. The van der Waals surface area contributed by atoms with Gasteiger partial charge in [0.2, 0.25) is 10.0 Å². The van der Waals surface area contributed by atoms with Gasteiger partial charge in [0.25, 0.3) is 0 Å². The molecule has 2 unspecified atom stereocenters. The Kier molecular flexibility index (Phi) is 4.76. The molecular weight excluding hydrogens is 280 g/mol. The minimum Gasteiger partial charge on any atom is -0.387 e. The largest absolute Gasteiger partial charge is 0.387 e. The SMILES string of the molecule is CNc1ccccc1S(=O)(=O)NC1CCCC1SC. The normalized spacial score (nSPS) is 23.5. The minimum atomic E-state index is -3.46. The number of hydrogen-bond donors (Lipinski definition) is 2. The molecule has 1 saturated carbocycles. The topological polar surface area (TPSA) is 58.2 Å². The van der Waals surface area contributed by atoms with Gasteiger partial charge in [0, 0.05) is 18.3 Å². The van der Waals surface area contributed by atoms with Crippen LogP contribution in [0, 0.1) is 0 Å². The predicted molar refractivity (Wildman–Crippen MR) is 81.3 cm³/mol. The average Bonchev–Trinajstić information content (AvgIpc) is 2.85. The van der Waals surface area contributed by atoms with E-state index >= 15 is 0 Å². The highest BCUT2D eigenvalue weighted by molar-refractivity contribution is 7.99. The molecule has 0 spiro atoms. The molecule has 1 aliphatic carbocycles. The summed E-state index contributed by atoms with van der Waals surface area (Å²) in [4.78, 5) is 0.323. The summed E-state index contributed by atoms with van der Waals surface area (Å²) in [6.07, 6.45) is 5.14. The maximum Gasteiger partial charge on any atom is 0.242 e. The molecule has 6 heteroatoms. The summed E-state index contributed by atoms with van der Waals surface area (Å²) in [6.45, 7) is 0. The molecule has 0 aromatic heterocycles. The molecule has 2 N–H and O–H groups in total. The van der Waals surface area contributed by atoms with Crippen LogP contribution in [0.3, 0.4) is 0 Å². The third kappa shape index (κ3) is 3.24. The average molecular weight is 300 g/mol. The molecule has 4 nitrogen and oxygen atoms in total. The van der Waals surface area contributed by atoms with Gasteiger partial charge < -0.3 is 5.32 Å². The summed E-state index contributed by atoms with van der Waals surface area (Å²) in [5.74, 6) is 0. The zero-order valence-electron chi connectivity index (χ0n) is 11.2. The van der Waals surface area contributed by atoms with Crippen LogP contribution in [0.5, 0.6) is 0 Å². The molecule has 2 rings (SSSR count). The third-order valence-electron chi connectivity index (χ3n) is 3.51. The number of para-hydroxylation sites is 1. The zero-order valence-corrected chi connectivity index (χ0v) is 12.9. The van der Waals surface area contributed by atoms with Crippen LogP contribution in [-0.4, -0.2) is 33.0 Å². The van der Waals surface area contributed by atoms with Crippen molar-refractivity contribution in [2.24, 2.45) is 0 Å². The predicted octanol–water partition coefficient (Wildman–Crippen LogP) is 2.29. The van der Waals surface area contributed by atoms with Crippen LogP contribution in [0.25, 0.3) is 0 Å². The first-order valence-corrected chi connectivity index (χ1v) is 9.17. The summed E-state index contributed by atoms with van der Waals surface area (Å²) in [5, 5.41) is 3.31. The van der Waals surface area contributed by atoms with Crippen molar-refractivity contribution in [1.29, 1.82) is 0 Å². The molecule has 0 heterocycles. The van der Waals surface area contributed by atoms with Gasteiger partial charge in [-0.3, -0.25) is 0 Å². The van der Waals surface area contributed by atoms with Crippen LogP contribution in [0.4, 0.5) is 5.69 Å². The van der Waals surface area contributed by atoms with Crippen molar-refractivity contribution in [3.63, 3.8) is 0 Å². The summed E-state index contributed by atoms with van der Waals surface area (Å²) in [5.41, 5.74) is 0.633. The molecule has 1 fully saturated rings. The monoisotopic (exact) mass is 300 g/mol. The van der Waals surface area contributed by atoms with E-state index in [-0.39, 0.29) is 6.04 Å². The number of sulfonamides is 1. The van der Waals surface area contributed by atoms with Crippen LogP contribution in [0.1, 0.15) is 19.3 Å². The summed E-state index contributed by atoms with van der Waals surface area (Å²) >= 11 is 1.74. The van der Waals surface area contributed by atoms with Crippen molar-refractivity contribution in [3.8, 4) is 0 Å². The van der Waals surface area contributed by atoms with E-state index in [1.807, 2.05) is 12.3 Å². The molecule has 19 heavy (non-hydrogen) atoms. The summed E-state index contributed by atoms with van der Waals surface area (Å²) in [6, 6.07) is 7.03. The first kappa shape index (κ1) is 14.7. The van der Waals surface area contributed by atoms with Crippen LogP contribution in [-0.2, 0) is 10.0 Å². The fraction of sp³-hybridized carbons (Fsp3) is 0.538. The highest BCUT2D eigenvalue weighted by Crippen LogP contribution is 2.30. The Labute approximate surface area is 119 Å². The Morgan fingerprint density at radius 2 is 2.00 bits per heavy atom. The van der Waals surface area contributed by atoms with E-state index in [1.54, 1.807) is 37.0 Å². The van der Waals surface area contributed by atoms with Gasteiger partial charge in [0.1, 0.15) is 4.90 Å². The number of anilines is 1. The van der Waals surface area contributed by atoms with Crippen LogP contribution in [0.2, 0.25) is 0 Å². The van der Waals surface area contributed by atoms with Gasteiger partial charge in [-0.1, -0.05) is 18.6 Å². The molecule has 1 aromatic rings. The van der Waals surface area contributed by atoms with Gasteiger partial charge >= 0.3 is 0 Å². The number of hydrogen-bond acceptors (Lipinski definition) is 4. The van der Waals surface area contributed by atoms with Crippen molar-refractivity contribution >= 4 is 27.5 Å². The summed E-state index contributed by atoms with van der Waals surface area (Å²) in [7, 11) is -1.72. The molecule has 106 valence electrons. The quantitative estimate of drug-likeness (QED) is 0.876. The van der Waals surface area contributed by atoms with Gasteiger partial charge in [-0.25, -0.2) is 13.1 Å². The highest BCUT2D eigenvalue weighted by Gasteiger charge is 2.31. The second-order valence-corrected chi connectivity index (χ2v) is 7.44. The molecule has 0 aliphatic heterocycles. The van der Waals surface area contributed by atoms with Crippen LogP contribution in [0.15, 0.2) is 29.2 Å². The van der Waals surface area contributed by atoms with Crippen molar-refractivity contribution < 1.29 is 8.42 Å². The van der Waals surface area contributed by atoms with Gasteiger partial charge in [0.15, 0.2) is 0 Å². The maximum absolute atomic E-state index is 12.5. The summed E-state index contributed by atoms with van der Waals surface area (Å²) < 4.78 is 27.8. The van der Waals surface area contributed by atoms with E-state index in [0.29, 0.717) is 15.8 Å².